The molecule has 1 aliphatic heterocycles. The van der Waals surface area contributed by atoms with Crippen molar-refractivity contribution >= 4 is 32.6 Å². The smallest absolute Gasteiger partial charge is 0.350 e. The van der Waals surface area contributed by atoms with Gasteiger partial charge < -0.3 is 9.80 Å². The van der Waals surface area contributed by atoms with E-state index < -0.39 is 43.3 Å². The minimum atomic E-state index is -4.00. The van der Waals surface area contributed by atoms with Gasteiger partial charge in [0, 0.05) is 38.1 Å². The minimum absolute atomic E-state index is 0.0473. The van der Waals surface area contributed by atoms with Gasteiger partial charge >= 0.3 is 5.69 Å². The van der Waals surface area contributed by atoms with E-state index in [2.05, 4.69) is 21.5 Å². The molecule has 4 heterocycles. The topological polar surface area (TPSA) is 118 Å². The van der Waals surface area contributed by atoms with E-state index in [1.165, 1.54) is 22.8 Å². The van der Waals surface area contributed by atoms with Crippen LogP contribution in [0.3, 0.4) is 0 Å². The van der Waals surface area contributed by atoms with Crippen molar-refractivity contribution in [2.45, 2.75) is 44.6 Å². The van der Waals surface area contributed by atoms with Gasteiger partial charge in [-0.1, -0.05) is 26.5 Å². The fourth-order valence-corrected chi connectivity index (χ4v) is 6.52. The summed E-state index contributed by atoms with van der Waals surface area (Å²) in [5.41, 5.74) is -0.261. The molecule has 0 N–H and O–H groups in total. The maximum absolute atomic E-state index is 16.1. The van der Waals surface area contributed by atoms with Crippen LogP contribution >= 0.6 is 0 Å². The van der Waals surface area contributed by atoms with Gasteiger partial charge in [-0.05, 0) is 55.7 Å². The number of aromatic nitrogens is 4. The Morgan fingerprint density at radius 1 is 1.14 bits per heavy atom. The van der Waals surface area contributed by atoms with Gasteiger partial charge in [-0.25, -0.2) is 31.5 Å². The van der Waals surface area contributed by atoms with E-state index in [4.69, 9.17) is 0 Å². The molecular formula is C31H32F2N6O4S. The summed E-state index contributed by atoms with van der Waals surface area (Å²) in [6.07, 6.45) is 3.74. The van der Waals surface area contributed by atoms with E-state index in [9.17, 15) is 18.0 Å². The third-order valence-corrected chi connectivity index (χ3v) is 8.86. The number of fused-ring (bicyclic) bond motifs is 1. The molecule has 230 valence electrons. The van der Waals surface area contributed by atoms with Crippen LogP contribution in [0.5, 0.6) is 0 Å². The summed E-state index contributed by atoms with van der Waals surface area (Å²) in [5.74, 6) is -2.21. The Hall–Kier alpha value is -4.52. The van der Waals surface area contributed by atoms with E-state index in [0.29, 0.717) is 30.0 Å². The molecule has 0 radical (unpaired) electrons. The quantitative estimate of drug-likeness (QED) is 0.294. The SMILES string of the molecule is C=CC(=O)N1CCN(c2nc(=O)n(-c3c(C)ccnc3C(C)C)c3nc(-c4c(F)cccc4S(C)(=O)=O)c(F)cc23)[C@@H](C)C1. The Bertz CT molecular complexity index is 1990. The molecule has 44 heavy (non-hydrogen) atoms. The lowest BCUT2D eigenvalue weighted by Crippen LogP contribution is -2.54. The van der Waals surface area contributed by atoms with Gasteiger partial charge in [0.05, 0.1) is 27.2 Å². The first-order valence-corrected chi connectivity index (χ1v) is 15.9. The molecular weight excluding hydrogens is 590 g/mol. The highest BCUT2D eigenvalue weighted by atomic mass is 32.2. The van der Waals surface area contributed by atoms with E-state index in [0.717, 1.165) is 18.4 Å². The van der Waals surface area contributed by atoms with E-state index >= 15 is 8.78 Å². The van der Waals surface area contributed by atoms with Gasteiger partial charge in [0.2, 0.25) is 5.91 Å². The van der Waals surface area contributed by atoms with Crippen molar-refractivity contribution in [1.29, 1.82) is 0 Å². The van der Waals surface area contributed by atoms with Gasteiger partial charge in [0.1, 0.15) is 17.3 Å². The van der Waals surface area contributed by atoms with Crippen molar-refractivity contribution in [2.24, 2.45) is 0 Å². The lowest BCUT2D eigenvalue weighted by Gasteiger charge is -2.40. The van der Waals surface area contributed by atoms with Crippen LogP contribution in [0.25, 0.3) is 28.0 Å². The zero-order valence-corrected chi connectivity index (χ0v) is 25.8. The van der Waals surface area contributed by atoms with Gasteiger partial charge in [0.15, 0.2) is 21.3 Å². The van der Waals surface area contributed by atoms with Crippen molar-refractivity contribution in [3.63, 3.8) is 0 Å². The Kier molecular flexibility index (Phi) is 8.10. The van der Waals surface area contributed by atoms with Crippen LogP contribution in [0.1, 0.15) is 37.9 Å². The summed E-state index contributed by atoms with van der Waals surface area (Å²) >= 11 is 0. The van der Waals surface area contributed by atoms with Crippen LogP contribution in [-0.2, 0) is 14.6 Å². The predicted molar refractivity (Wildman–Crippen MR) is 164 cm³/mol. The Labute approximate surface area is 253 Å². The number of nitrogens with zero attached hydrogens (tertiary/aromatic N) is 6. The zero-order chi connectivity index (χ0) is 32.1. The summed E-state index contributed by atoms with van der Waals surface area (Å²) in [6.45, 7) is 11.9. The van der Waals surface area contributed by atoms with Crippen molar-refractivity contribution in [1.82, 2.24) is 24.4 Å². The van der Waals surface area contributed by atoms with Crippen LogP contribution in [0.4, 0.5) is 14.6 Å². The van der Waals surface area contributed by atoms with Crippen LogP contribution in [0, 0.1) is 18.6 Å². The molecule has 5 rings (SSSR count). The number of benzene rings is 1. The molecule has 0 spiro atoms. The minimum Gasteiger partial charge on any atom is -0.350 e. The maximum atomic E-state index is 16.1. The number of aryl methyl sites for hydroxylation is 1. The standard InChI is InChI=1S/C31H32F2N6O4S/c1-7-24(40)37-13-14-38(19(5)16-37)29-20-15-22(33)27(25-21(32)9-8-10-23(25)44(6,42)43)35-30(20)39(31(41)36-29)28-18(4)11-12-34-26(28)17(2)3/h7-12,15,17,19H,1,13-14,16H2,2-6H3/t19-/m0/s1. The highest BCUT2D eigenvalue weighted by molar-refractivity contribution is 7.90. The summed E-state index contributed by atoms with van der Waals surface area (Å²) < 4.78 is 57.9. The second kappa shape index (κ2) is 11.5. The summed E-state index contributed by atoms with van der Waals surface area (Å²) in [7, 11) is -4.00. The Morgan fingerprint density at radius 3 is 2.50 bits per heavy atom. The molecule has 0 aliphatic carbocycles. The fraction of sp³-hybridized carbons (Fsp3) is 0.323. The van der Waals surface area contributed by atoms with Crippen molar-refractivity contribution < 1.29 is 22.0 Å². The lowest BCUT2D eigenvalue weighted by atomic mass is 10.0. The average molecular weight is 623 g/mol. The Balaban J connectivity index is 1.87. The fourth-order valence-electron chi connectivity index (χ4n) is 5.63. The van der Waals surface area contributed by atoms with Gasteiger partial charge in [-0.15, -0.1) is 0 Å². The third-order valence-electron chi connectivity index (χ3n) is 7.72. The number of carbonyl (C=O) groups is 1. The number of hydrogen-bond acceptors (Lipinski definition) is 8. The normalized spacial score (nSPS) is 15.7. The largest absolute Gasteiger partial charge is 0.355 e. The molecule has 1 fully saturated rings. The molecule has 13 heteroatoms. The number of carbonyl (C=O) groups excluding carboxylic acids is 1. The van der Waals surface area contributed by atoms with Crippen LogP contribution in [0.15, 0.2) is 58.9 Å². The number of piperazine rings is 1. The number of anilines is 1. The second-order valence-corrected chi connectivity index (χ2v) is 13.2. The van der Waals surface area contributed by atoms with Gasteiger partial charge in [0.25, 0.3) is 0 Å². The van der Waals surface area contributed by atoms with E-state index in [1.807, 2.05) is 20.8 Å². The third kappa shape index (κ3) is 5.36. The number of halogens is 2. The first-order chi connectivity index (χ1) is 20.7. The zero-order valence-electron chi connectivity index (χ0n) is 25.0. The highest BCUT2D eigenvalue weighted by Gasteiger charge is 2.31. The predicted octanol–water partition coefficient (Wildman–Crippen LogP) is 4.18. The number of hydrogen-bond donors (Lipinski definition) is 0. The van der Waals surface area contributed by atoms with Gasteiger partial charge in [-0.2, -0.15) is 4.98 Å². The van der Waals surface area contributed by atoms with E-state index in [1.54, 1.807) is 29.0 Å². The first kappa shape index (κ1) is 30.9. The molecule has 1 aliphatic rings. The van der Waals surface area contributed by atoms with Crippen LogP contribution < -0.4 is 10.6 Å². The molecule has 0 saturated carbocycles. The molecule has 1 aromatic carbocycles. The number of amides is 1. The summed E-state index contributed by atoms with van der Waals surface area (Å²) in [6, 6.07) is 5.91. The number of pyridine rings is 2. The molecule has 4 aromatic rings. The summed E-state index contributed by atoms with van der Waals surface area (Å²) in [5, 5.41) is 0.149. The number of rotatable bonds is 6. The van der Waals surface area contributed by atoms with Crippen molar-refractivity contribution in [3.8, 4) is 16.9 Å². The molecule has 10 nitrogen and oxygen atoms in total. The average Bonchev–Trinajstić information content (AvgIpc) is 2.96. The molecule has 1 saturated heterocycles. The highest BCUT2D eigenvalue weighted by Crippen LogP contribution is 2.36. The van der Waals surface area contributed by atoms with Crippen LogP contribution in [0.2, 0.25) is 0 Å². The maximum Gasteiger partial charge on any atom is 0.355 e. The monoisotopic (exact) mass is 622 g/mol. The van der Waals surface area contributed by atoms with Gasteiger partial charge in [-0.3, -0.25) is 9.78 Å². The Morgan fingerprint density at radius 2 is 1.86 bits per heavy atom. The van der Waals surface area contributed by atoms with Crippen molar-refractivity contribution in [3.05, 3.63) is 82.6 Å². The summed E-state index contributed by atoms with van der Waals surface area (Å²) in [4.78, 5) is 42.6. The molecule has 3 aromatic heterocycles. The van der Waals surface area contributed by atoms with Crippen LogP contribution in [-0.4, -0.2) is 70.7 Å². The lowest BCUT2D eigenvalue weighted by molar-refractivity contribution is -0.126. The first-order valence-electron chi connectivity index (χ1n) is 14.0. The molecule has 1 amide bonds. The number of sulfone groups is 1. The van der Waals surface area contributed by atoms with Crippen molar-refractivity contribution in [2.75, 3.05) is 30.8 Å². The molecule has 1 atom stereocenters. The van der Waals surface area contributed by atoms with E-state index in [-0.39, 0.29) is 41.3 Å². The second-order valence-electron chi connectivity index (χ2n) is 11.2. The molecule has 0 unspecified atom stereocenters. The molecule has 0 bridgehead atoms.